The number of anilines is 3. The lowest BCUT2D eigenvalue weighted by atomic mass is 10.1. The van der Waals surface area contributed by atoms with Crippen molar-refractivity contribution in [2.45, 2.75) is 27.7 Å². The predicted molar refractivity (Wildman–Crippen MR) is 117 cm³/mol. The van der Waals surface area contributed by atoms with Crippen LogP contribution < -0.4 is 15.5 Å². The summed E-state index contributed by atoms with van der Waals surface area (Å²) >= 11 is 0. The monoisotopic (exact) mass is 382 g/mol. The van der Waals surface area contributed by atoms with Gasteiger partial charge in [0.25, 0.3) is 5.91 Å². The van der Waals surface area contributed by atoms with Gasteiger partial charge in [0.2, 0.25) is 0 Å². The molecule has 0 spiro atoms. The van der Waals surface area contributed by atoms with Crippen molar-refractivity contribution in [3.8, 4) is 0 Å². The largest absolute Gasteiger partial charge is 0.377 e. The van der Waals surface area contributed by atoms with E-state index in [9.17, 15) is 9.59 Å². The molecule has 0 aromatic heterocycles. The summed E-state index contributed by atoms with van der Waals surface area (Å²) in [5.74, 6) is -0.0488. The quantitative estimate of drug-likeness (QED) is 0.773. The molecular formula is C22H30N4O2. The Kier molecular flexibility index (Phi) is 7.04. The SMILES string of the molecule is CCN(CC)C(=O)c1cc(NC(=O)Nc2cccc(C)c2C)ccc1N(C)C. The van der Waals surface area contributed by atoms with E-state index in [1.165, 1.54) is 0 Å². The van der Waals surface area contributed by atoms with Crippen molar-refractivity contribution in [3.05, 3.63) is 53.1 Å². The molecule has 0 saturated carbocycles. The summed E-state index contributed by atoms with van der Waals surface area (Å²) < 4.78 is 0. The van der Waals surface area contributed by atoms with E-state index in [1.54, 1.807) is 17.0 Å². The number of carbonyl (C=O) groups excluding carboxylic acids is 2. The summed E-state index contributed by atoms with van der Waals surface area (Å²) in [5, 5.41) is 5.71. The molecule has 28 heavy (non-hydrogen) atoms. The van der Waals surface area contributed by atoms with Gasteiger partial charge in [-0.25, -0.2) is 4.79 Å². The van der Waals surface area contributed by atoms with Crippen LogP contribution in [0.4, 0.5) is 21.9 Å². The zero-order valence-corrected chi connectivity index (χ0v) is 17.6. The molecule has 150 valence electrons. The van der Waals surface area contributed by atoms with E-state index in [1.807, 2.05) is 71.0 Å². The summed E-state index contributed by atoms with van der Waals surface area (Å²) in [6.45, 7) is 9.15. The van der Waals surface area contributed by atoms with Crippen molar-refractivity contribution in [2.75, 3.05) is 42.7 Å². The molecule has 6 heteroatoms. The number of amides is 3. The van der Waals surface area contributed by atoms with Crippen LogP contribution in [0.1, 0.15) is 35.3 Å². The van der Waals surface area contributed by atoms with Gasteiger partial charge in [-0.1, -0.05) is 12.1 Å². The Labute approximate surface area is 167 Å². The maximum Gasteiger partial charge on any atom is 0.323 e. The molecular weight excluding hydrogens is 352 g/mol. The van der Waals surface area contributed by atoms with Crippen LogP contribution in [-0.4, -0.2) is 44.0 Å². The van der Waals surface area contributed by atoms with Crippen molar-refractivity contribution >= 4 is 29.0 Å². The first kappa shape index (κ1) is 21.3. The van der Waals surface area contributed by atoms with Crippen LogP contribution in [0.15, 0.2) is 36.4 Å². The van der Waals surface area contributed by atoms with E-state index in [-0.39, 0.29) is 11.9 Å². The number of hydrogen-bond donors (Lipinski definition) is 2. The minimum absolute atomic E-state index is 0.0488. The molecule has 0 aliphatic heterocycles. The minimum Gasteiger partial charge on any atom is -0.377 e. The number of nitrogens with one attached hydrogen (secondary N) is 2. The molecule has 2 rings (SSSR count). The van der Waals surface area contributed by atoms with Gasteiger partial charge < -0.3 is 20.4 Å². The summed E-state index contributed by atoms with van der Waals surface area (Å²) in [6.07, 6.45) is 0. The van der Waals surface area contributed by atoms with E-state index in [2.05, 4.69) is 10.6 Å². The summed E-state index contributed by atoms with van der Waals surface area (Å²) in [5.41, 5.74) is 4.86. The molecule has 2 aromatic carbocycles. The Hall–Kier alpha value is -3.02. The maximum absolute atomic E-state index is 12.9. The van der Waals surface area contributed by atoms with Gasteiger partial charge in [0.15, 0.2) is 0 Å². The van der Waals surface area contributed by atoms with Crippen LogP contribution >= 0.6 is 0 Å². The first-order chi connectivity index (χ1) is 13.3. The van der Waals surface area contributed by atoms with Crippen LogP contribution in [0.3, 0.4) is 0 Å². The van der Waals surface area contributed by atoms with Crippen molar-refractivity contribution in [2.24, 2.45) is 0 Å². The van der Waals surface area contributed by atoms with Crippen LogP contribution in [0.2, 0.25) is 0 Å². The minimum atomic E-state index is -0.340. The fourth-order valence-electron chi connectivity index (χ4n) is 3.03. The number of aryl methyl sites for hydroxylation is 1. The topological polar surface area (TPSA) is 64.7 Å². The first-order valence-corrected chi connectivity index (χ1v) is 9.53. The lowest BCUT2D eigenvalue weighted by Gasteiger charge is -2.23. The Morgan fingerprint density at radius 1 is 0.964 bits per heavy atom. The maximum atomic E-state index is 12.9. The van der Waals surface area contributed by atoms with Gasteiger partial charge in [0.05, 0.1) is 5.56 Å². The van der Waals surface area contributed by atoms with Crippen molar-refractivity contribution in [1.29, 1.82) is 0 Å². The van der Waals surface area contributed by atoms with Gasteiger partial charge in [-0.15, -0.1) is 0 Å². The van der Waals surface area contributed by atoms with E-state index in [0.29, 0.717) is 24.3 Å². The fraction of sp³-hybridized carbons (Fsp3) is 0.364. The van der Waals surface area contributed by atoms with Crippen molar-refractivity contribution < 1.29 is 9.59 Å². The van der Waals surface area contributed by atoms with Crippen molar-refractivity contribution in [3.63, 3.8) is 0 Å². The van der Waals surface area contributed by atoms with E-state index in [4.69, 9.17) is 0 Å². The molecule has 0 aliphatic carbocycles. The average molecular weight is 383 g/mol. The van der Waals surface area contributed by atoms with Gasteiger partial charge in [-0.2, -0.15) is 0 Å². The summed E-state index contributed by atoms with van der Waals surface area (Å²) in [7, 11) is 3.79. The average Bonchev–Trinajstić information content (AvgIpc) is 2.66. The van der Waals surface area contributed by atoms with Crippen molar-refractivity contribution in [1.82, 2.24) is 4.90 Å². The van der Waals surface area contributed by atoms with E-state index < -0.39 is 0 Å². The van der Waals surface area contributed by atoms with E-state index in [0.717, 1.165) is 22.5 Å². The molecule has 0 aliphatic rings. The number of benzene rings is 2. The zero-order valence-electron chi connectivity index (χ0n) is 17.6. The molecule has 2 N–H and O–H groups in total. The summed E-state index contributed by atoms with van der Waals surface area (Å²) in [6, 6.07) is 10.8. The third-order valence-corrected chi connectivity index (χ3v) is 4.87. The smallest absolute Gasteiger partial charge is 0.323 e. The second-order valence-corrected chi connectivity index (χ2v) is 6.93. The van der Waals surface area contributed by atoms with Gasteiger partial charge >= 0.3 is 6.03 Å². The Balaban J connectivity index is 2.26. The number of urea groups is 1. The molecule has 0 saturated heterocycles. The highest BCUT2D eigenvalue weighted by molar-refractivity contribution is 6.04. The fourth-order valence-corrected chi connectivity index (χ4v) is 3.03. The standard InChI is InChI=1S/C22H30N4O2/c1-7-26(8-2)21(27)18-14-17(12-13-20(18)25(5)6)23-22(28)24-19-11-9-10-15(3)16(19)4/h9-14H,7-8H2,1-6H3,(H2,23,24,28). The molecule has 0 atom stereocenters. The number of rotatable bonds is 6. The Morgan fingerprint density at radius 2 is 1.64 bits per heavy atom. The molecule has 0 fully saturated rings. The Bertz CT molecular complexity index is 858. The second kappa shape index (κ2) is 9.26. The third kappa shape index (κ3) is 4.82. The highest BCUT2D eigenvalue weighted by Gasteiger charge is 2.19. The van der Waals surface area contributed by atoms with E-state index >= 15 is 0 Å². The molecule has 0 radical (unpaired) electrons. The van der Waals surface area contributed by atoms with Crippen LogP contribution in [0.25, 0.3) is 0 Å². The Morgan fingerprint density at radius 3 is 2.25 bits per heavy atom. The molecule has 0 unspecified atom stereocenters. The highest BCUT2D eigenvalue weighted by atomic mass is 16.2. The predicted octanol–water partition coefficient (Wildman–Crippen LogP) is 4.50. The third-order valence-electron chi connectivity index (χ3n) is 4.87. The summed E-state index contributed by atoms with van der Waals surface area (Å²) in [4.78, 5) is 29.0. The highest BCUT2D eigenvalue weighted by Crippen LogP contribution is 2.25. The molecule has 2 aromatic rings. The van der Waals surface area contributed by atoms with Crippen LogP contribution in [-0.2, 0) is 0 Å². The van der Waals surface area contributed by atoms with Gasteiger partial charge in [0.1, 0.15) is 0 Å². The zero-order chi connectivity index (χ0) is 20.8. The van der Waals surface area contributed by atoms with Gasteiger partial charge in [-0.05, 0) is 63.1 Å². The molecule has 6 nitrogen and oxygen atoms in total. The van der Waals surface area contributed by atoms with Crippen LogP contribution in [0.5, 0.6) is 0 Å². The lowest BCUT2D eigenvalue weighted by Crippen LogP contribution is -2.32. The van der Waals surface area contributed by atoms with Gasteiger partial charge in [0, 0.05) is 44.2 Å². The number of carbonyl (C=O) groups is 2. The molecule has 0 heterocycles. The second-order valence-electron chi connectivity index (χ2n) is 6.93. The number of hydrogen-bond acceptors (Lipinski definition) is 3. The number of nitrogens with zero attached hydrogens (tertiary/aromatic N) is 2. The first-order valence-electron chi connectivity index (χ1n) is 9.53. The molecule has 0 bridgehead atoms. The molecule has 3 amide bonds. The van der Waals surface area contributed by atoms with Crippen LogP contribution in [0, 0.1) is 13.8 Å². The van der Waals surface area contributed by atoms with Gasteiger partial charge in [-0.3, -0.25) is 4.79 Å². The lowest BCUT2D eigenvalue weighted by molar-refractivity contribution is 0.0773. The normalized spacial score (nSPS) is 10.4.